The Morgan fingerprint density at radius 1 is 1.19 bits per heavy atom. The first-order valence-corrected chi connectivity index (χ1v) is 7.97. The van der Waals surface area contributed by atoms with Crippen LogP contribution in [0.15, 0.2) is 36.5 Å². The highest BCUT2D eigenvalue weighted by atomic mass is 19.4. The molecule has 6 nitrogen and oxygen atoms in total. The van der Waals surface area contributed by atoms with E-state index in [9.17, 15) is 22.8 Å². The second kappa shape index (κ2) is 7.26. The molecule has 0 aliphatic carbocycles. The van der Waals surface area contributed by atoms with Gasteiger partial charge in [0.05, 0.1) is 18.2 Å². The summed E-state index contributed by atoms with van der Waals surface area (Å²) in [6.07, 6.45) is -2.71. The number of rotatable bonds is 4. The van der Waals surface area contributed by atoms with Gasteiger partial charge in [0, 0.05) is 24.5 Å². The highest BCUT2D eigenvalue weighted by Crippen LogP contribution is 2.30. The monoisotopic (exact) mass is 380 g/mol. The van der Waals surface area contributed by atoms with Crippen LogP contribution in [0.1, 0.15) is 26.3 Å². The number of amides is 1. The van der Waals surface area contributed by atoms with Gasteiger partial charge >= 0.3 is 12.1 Å². The number of pyridine rings is 1. The molecule has 9 heteroatoms. The number of benzene rings is 1. The molecule has 142 valence electrons. The molecule has 0 N–H and O–H groups in total. The number of carbonyl (C=O) groups excluding carboxylic acids is 2. The SMILES string of the molecule is COC(=O)c1ccc2c(c1)CCN2C(=O)c1ccc(OCC(F)(F)F)nc1. The van der Waals surface area contributed by atoms with Crippen molar-refractivity contribution in [2.24, 2.45) is 0 Å². The maximum atomic E-state index is 12.7. The van der Waals surface area contributed by atoms with Crippen molar-refractivity contribution in [3.8, 4) is 5.88 Å². The fourth-order valence-corrected chi connectivity index (χ4v) is 2.76. The van der Waals surface area contributed by atoms with Gasteiger partial charge in [-0.1, -0.05) is 0 Å². The van der Waals surface area contributed by atoms with Crippen molar-refractivity contribution in [2.75, 3.05) is 25.2 Å². The quantitative estimate of drug-likeness (QED) is 0.763. The van der Waals surface area contributed by atoms with Gasteiger partial charge in [-0.05, 0) is 36.2 Å². The summed E-state index contributed by atoms with van der Waals surface area (Å²) in [5, 5.41) is 0. The number of fused-ring (bicyclic) bond motifs is 1. The Kier molecular flexibility index (Phi) is 5.02. The minimum atomic E-state index is -4.46. The van der Waals surface area contributed by atoms with Gasteiger partial charge in [0.1, 0.15) is 0 Å². The predicted molar refractivity (Wildman–Crippen MR) is 88.9 cm³/mol. The molecule has 2 heterocycles. The number of aromatic nitrogens is 1. The summed E-state index contributed by atoms with van der Waals surface area (Å²) in [5.74, 6) is -1.01. The number of anilines is 1. The molecule has 0 fully saturated rings. The Bertz CT molecular complexity index is 866. The minimum absolute atomic E-state index is 0.214. The minimum Gasteiger partial charge on any atom is -0.468 e. The van der Waals surface area contributed by atoms with Crippen LogP contribution in [0.25, 0.3) is 0 Å². The van der Waals surface area contributed by atoms with Gasteiger partial charge < -0.3 is 14.4 Å². The number of hydrogen-bond acceptors (Lipinski definition) is 5. The number of nitrogens with zero attached hydrogens (tertiary/aromatic N) is 2. The van der Waals surface area contributed by atoms with Crippen LogP contribution in [0.2, 0.25) is 0 Å². The number of alkyl halides is 3. The summed E-state index contributed by atoms with van der Waals surface area (Å²) < 4.78 is 45.7. The van der Waals surface area contributed by atoms with Crippen LogP contribution in [0, 0.1) is 0 Å². The Balaban J connectivity index is 1.73. The summed E-state index contributed by atoms with van der Waals surface area (Å²) in [7, 11) is 1.29. The molecule has 1 aliphatic rings. The molecular formula is C18H15F3N2O4. The topological polar surface area (TPSA) is 68.7 Å². The highest BCUT2D eigenvalue weighted by molar-refractivity contribution is 6.07. The third-order valence-electron chi connectivity index (χ3n) is 4.01. The molecule has 0 saturated carbocycles. The molecule has 2 aromatic rings. The van der Waals surface area contributed by atoms with E-state index in [-0.39, 0.29) is 17.4 Å². The first-order chi connectivity index (χ1) is 12.8. The average molecular weight is 380 g/mol. The maximum Gasteiger partial charge on any atom is 0.422 e. The van der Waals surface area contributed by atoms with Crippen LogP contribution >= 0.6 is 0 Å². The number of methoxy groups -OCH3 is 1. The number of carbonyl (C=O) groups is 2. The molecule has 27 heavy (non-hydrogen) atoms. The molecule has 0 spiro atoms. The first-order valence-electron chi connectivity index (χ1n) is 7.97. The van der Waals surface area contributed by atoms with Crippen molar-refractivity contribution in [2.45, 2.75) is 12.6 Å². The molecule has 1 aliphatic heterocycles. The van der Waals surface area contributed by atoms with Gasteiger partial charge in [-0.15, -0.1) is 0 Å². The van der Waals surface area contributed by atoms with Crippen LogP contribution in [0.5, 0.6) is 5.88 Å². The van der Waals surface area contributed by atoms with Gasteiger partial charge in [0.15, 0.2) is 6.61 Å². The second-order valence-electron chi connectivity index (χ2n) is 5.83. The third kappa shape index (κ3) is 4.18. The van der Waals surface area contributed by atoms with Crippen molar-refractivity contribution >= 4 is 17.6 Å². The molecule has 0 radical (unpaired) electrons. The number of halogens is 3. The molecule has 3 rings (SSSR count). The van der Waals surface area contributed by atoms with Gasteiger partial charge in [-0.3, -0.25) is 4.79 Å². The van der Waals surface area contributed by atoms with Gasteiger partial charge in [0.2, 0.25) is 5.88 Å². The van der Waals surface area contributed by atoms with E-state index in [2.05, 4.69) is 14.5 Å². The third-order valence-corrected chi connectivity index (χ3v) is 4.01. The van der Waals surface area contributed by atoms with E-state index < -0.39 is 18.8 Å². The molecule has 0 unspecified atom stereocenters. The largest absolute Gasteiger partial charge is 0.468 e. The lowest BCUT2D eigenvalue weighted by Crippen LogP contribution is -2.29. The predicted octanol–water partition coefficient (Wildman–Crippen LogP) is 3.01. The summed E-state index contributed by atoms with van der Waals surface area (Å²) in [6.45, 7) is -1.03. The lowest BCUT2D eigenvalue weighted by Gasteiger charge is -2.17. The second-order valence-corrected chi connectivity index (χ2v) is 5.83. The first kappa shape index (κ1) is 18.7. The Morgan fingerprint density at radius 2 is 1.93 bits per heavy atom. The fraction of sp³-hybridized carbons (Fsp3) is 0.278. The van der Waals surface area contributed by atoms with E-state index in [1.54, 1.807) is 18.2 Å². The van der Waals surface area contributed by atoms with Crippen LogP contribution in [-0.2, 0) is 11.2 Å². The maximum absolute atomic E-state index is 12.7. The van der Waals surface area contributed by atoms with E-state index >= 15 is 0 Å². The fourth-order valence-electron chi connectivity index (χ4n) is 2.76. The number of esters is 1. The Morgan fingerprint density at radius 3 is 2.56 bits per heavy atom. The van der Waals surface area contributed by atoms with Gasteiger partial charge in [-0.25, -0.2) is 9.78 Å². The summed E-state index contributed by atoms with van der Waals surface area (Å²) >= 11 is 0. The number of hydrogen-bond donors (Lipinski definition) is 0. The molecule has 1 amide bonds. The van der Waals surface area contributed by atoms with E-state index in [0.29, 0.717) is 24.2 Å². The molecule has 0 atom stereocenters. The standard InChI is InChI=1S/C18H15F3N2O4/c1-26-17(25)12-2-4-14-11(8-12)6-7-23(14)16(24)13-3-5-15(22-9-13)27-10-18(19,20)21/h2-5,8-9H,6-7,10H2,1H3. The van der Waals surface area contributed by atoms with Crippen LogP contribution in [-0.4, -0.2) is 43.3 Å². The van der Waals surface area contributed by atoms with Crippen molar-refractivity contribution in [1.82, 2.24) is 4.98 Å². The molecular weight excluding hydrogens is 365 g/mol. The lowest BCUT2D eigenvalue weighted by atomic mass is 10.1. The van der Waals surface area contributed by atoms with Crippen molar-refractivity contribution in [1.29, 1.82) is 0 Å². The van der Waals surface area contributed by atoms with Crippen LogP contribution in [0.4, 0.5) is 18.9 Å². The van der Waals surface area contributed by atoms with E-state index in [1.165, 1.54) is 30.3 Å². The lowest BCUT2D eigenvalue weighted by molar-refractivity contribution is -0.154. The zero-order valence-electron chi connectivity index (χ0n) is 14.2. The zero-order valence-corrected chi connectivity index (χ0v) is 14.2. The number of ether oxygens (including phenoxy) is 2. The Labute approximate surface area is 152 Å². The van der Waals surface area contributed by atoms with Gasteiger partial charge in [-0.2, -0.15) is 13.2 Å². The van der Waals surface area contributed by atoms with Crippen LogP contribution in [0.3, 0.4) is 0 Å². The van der Waals surface area contributed by atoms with Crippen molar-refractivity contribution in [3.05, 3.63) is 53.2 Å². The van der Waals surface area contributed by atoms with Crippen LogP contribution < -0.4 is 9.64 Å². The van der Waals surface area contributed by atoms with Crippen molar-refractivity contribution in [3.63, 3.8) is 0 Å². The van der Waals surface area contributed by atoms with Crippen molar-refractivity contribution < 1.29 is 32.2 Å². The van der Waals surface area contributed by atoms with Gasteiger partial charge in [0.25, 0.3) is 5.91 Å². The molecule has 0 bridgehead atoms. The summed E-state index contributed by atoms with van der Waals surface area (Å²) in [6, 6.07) is 7.50. The van der Waals surface area contributed by atoms with E-state index in [0.717, 1.165) is 5.56 Å². The van der Waals surface area contributed by atoms with E-state index in [1.807, 2.05) is 0 Å². The zero-order chi connectivity index (χ0) is 19.6. The molecule has 0 saturated heterocycles. The smallest absolute Gasteiger partial charge is 0.422 e. The normalized spacial score (nSPS) is 13.3. The Hall–Kier alpha value is -3.10. The highest BCUT2D eigenvalue weighted by Gasteiger charge is 2.29. The van der Waals surface area contributed by atoms with E-state index in [4.69, 9.17) is 0 Å². The summed E-state index contributed by atoms with van der Waals surface area (Å²) in [5.41, 5.74) is 2.13. The summed E-state index contributed by atoms with van der Waals surface area (Å²) in [4.78, 5) is 29.6. The average Bonchev–Trinajstić information content (AvgIpc) is 3.08. The molecule has 1 aromatic heterocycles. The molecule has 1 aromatic carbocycles.